The van der Waals surface area contributed by atoms with Crippen LogP contribution in [0.15, 0.2) is 0 Å². The molecule has 0 atom stereocenters. The van der Waals surface area contributed by atoms with E-state index in [1.807, 2.05) is 0 Å². The van der Waals surface area contributed by atoms with E-state index in [-0.39, 0.29) is 0 Å². The highest BCUT2D eigenvalue weighted by Gasteiger charge is 2.28. The minimum atomic E-state index is -1.31. The first-order chi connectivity index (χ1) is 11.2. The van der Waals surface area contributed by atoms with Crippen molar-refractivity contribution in [3.05, 3.63) is 0 Å². The van der Waals surface area contributed by atoms with Gasteiger partial charge >= 0.3 is 0 Å². The van der Waals surface area contributed by atoms with Crippen LogP contribution in [-0.4, -0.2) is 72.8 Å². The van der Waals surface area contributed by atoms with Crippen molar-refractivity contribution in [3.8, 4) is 0 Å². The molecule has 0 amide bonds. The molecule has 3 saturated heterocycles. The fraction of sp³-hybridized carbons (Fsp3) is 1.00. The molecule has 0 bridgehead atoms. The Bertz CT molecular complexity index is 329. The molecule has 0 aliphatic carbocycles. The van der Waals surface area contributed by atoms with Gasteiger partial charge in [0.15, 0.2) is 0 Å². The SMILES string of the molecule is S=P(CN1CCCCC1)(CN1CCCCC1)CN1CCCCC1. The van der Waals surface area contributed by atoms with Gasteiger partial charge in [-0.2, -0.15) is 0 Å². The van der Waals surface area contributed by atoms with Crippen molar-refractivity contribution in [1.82, 2.24) is 14.7 Å². The predicted molar refractivity (Wildman–Crippen MR) is 105 cm³/mol. The van der Waals surface area contributed by atoms with E-state index < -0.39 is 6.04 Å². The Morgan fingerprint density at radius 1 is 0.478 bits per heavy atom. The molecule has 0 radical (unpaired) electrons. The third-order valence-corrected chi connectivity index (χ3v) is 9.50. The lowest BCUT2D eigenvalue weighted by atomic mass is 10.1. The Kier molecular flexibility index (Phi) is 7.40. The molecule has 0 N–H and O–H groups in total. The van der Waals surface area contributed by atoms with E-state index in [2.05, 4.69) is 14.7 Å². The van der Waals surface area contributed by atoms with Crippen molar-refractivity contribution < 1.29 is 0 Å². The molecule has 3 fully saturated rings. The molecule has 3 nitrogen and oxygen atoms in total. The van der Waals surface area contributed by atoms with E-state index in [4.69, 9.17) is 11.8 Å². The van der Waals surface area contributed by atoms with Gasteiger partial charge < -0.3 is 0 Å². The summed E-state index contributed by atoms with van der Waals surface area (Å²) in [5.74, 6) is 0. The van der Waals surface area contributed by atoms with E-state index in [1.54, 1.807) is 0 Å². The zero-order chi connectivity index (χ0) is 16.0. The van der Waals surface area contributed by atoms with E-state index in [1.165, 1.54) is 116 Å². The average molecular weight is 358 g/mol. The van der Waals surface area contributed by atoms with Gasteiger partial charge in [0, 0.05) is 18.9 Å². The fourth-order valence-corrected chi connectivity index (χ4v) is 9.30. The van der Waals surface area contributed by atoms with Gasteiger partial charge in [-0.25, -0.2) is 0 Å². The molecule has 3 aliphatic heterocycles. The maximum absolute atomic E-state index is 6.43. The normalized spacial score (nSPS) is 26.4. The summed E-state index contributed by atoms with van der Waals surface area (Å²) in [6.45, 7) is 7.82. The van der Waals surface area contributed by atoms with Gasteiger partial charge in [-0.3, -0.25) is 14.7 Å². The molecular formula is C18H36N3PS. The summed E-state index contributed by atoms with van der Waals surface area (Å²) in [5, 5.41) is 0. The number of hydrogen-bond donors (Lipinski definition) is 0. The van der Waals surface area contributed by atoms with Crippen molar-refractivity contribution >= 4 is 17.8 Å². The van der Waals surface area contributed by atoms with Crippen molar-refractivity contribution in [3.63, 3.8) is 0 Å². The Morgan fingerprint density at radius 3 is 1.00 bits per heavy atom. The zero-order valence-corrected chi connectivity index (χ0v) is 16.6. The van der Waals surface area contributed by atoms with Crippen LogP contribution in [0.2, 0.25) is 0 Å². The van der Waals surface area contributed by atoms with E-state index in [0.29, 0.717) is 0 Å². The lowest BCUT2D eigenvalue weighted by molar-refractivity contribution is 0.239. The number of piperidine rings is 3. The van der Waals surface area contributed by atoms with Crippen molar-refractivity contribution in [1.29, 1.82) is 0 Å². The standard InChI is InChI=1S/C18H36N3PS/c23-22(16-19-10-4-1-5-11-19,17-20-12-6-2-7-13-20)18-21-14-8-3-9-15-21/h1-18H2. The van der Waals surface area contributed by atoms with Gasteiger partial charge in [0.25, 0.3) is 0 Å². The molecule has 5 heteroatoms. The van der Waals surface area contributed by atoms with Crippen LogP contribution in [0.3, 0.4) is 0 Å². The molecule has 3 aliphatic rings. The van der Waals surface area contributed by atoms with Gasteiger partial charge in [0.2, 0.25) is 0 Å². The lowest BCUT2D eigenvalue weighted by Gasteiger charge is -2.40. The summed E-state index contributed by atoms with van der Waals surface area (Å²) < 4.78 is 0. The molecule has 3 rings (SSSR count). The van der Waals surface area contributed by atoms with Crippen LogP contribution in [0, 0.1) is 0 Å². The van der Waals surface area contributed by atoms with Crippen LogP contribution in [0.5, 0.6) is 0 Å². The van der Waals surface area contributed by atoms with Gasteiger partial charge in [-0.15, -0.1) is 0 Å². The molecule has 3 heterocycles. The summed E-state index contributed by atoms with van der Waals surface area (Å²) >= 11 is 6.43. The first-order valence-corrected chi connectivity index (χ1v) is 13.3. The summed E-state index contributed by atoms with van der Waals surface area (Å²) in [6.07, 6.45) is 16.4. The fourth-order valence-electron chi connectivity index (χ4n) is 4.53. The van der Waals surface area contributed by atoms with Gasteiger partial charge in [-0.05, 0) is 83.8 Å². The van der Waals surface area contributed by atoms with E-state index >= 15 is 0 Å². The predicted octanol–water partition coefficient (Wildman–Crippen LogP) is 3.80. The smallest absolute Gasteiger partial charge is 0.0298 e. The number of rotatable bonds is 6. The maximum atomic E-state index is 6.43. The number of nitrogens with zero attached hydrogens (tertiary/aromatic N) is 3. The molecule has 0 unspecified atom stereocenters. The number of hydrogen-bond acceptors (Lipinski definition) is 4. The lowest BCUT2D eigenvalue weighted by Crippen LogP contribution is -2.39. The van der Waals surface area contributed by atoms with Crippen molar-refractivity contribution in [2.24, 2.45) is 0 Å². The maximum Gasteiger partial charge on any atom is 0.0298 e. The molecule has 134 valence electrons. The van der Waals surface area contributed by atoms with Crippen LogP contribution in [0.25, 0.3) is 0 Å². The highest BCUT2D eigenvalue weighted by atomic mass is 32.4. The number of likely N-dealkylation sites (tertiary alicyclic amines) is 3. The quantitative estimate of drug-likeness (QED) is 0.669. The zero-order valence-electron chi connectivity index (χ0n) is 14.9. The van der Waals surface area contributed by atoms with Crippen molar-refractivity contribution in [2.45, 2.75) is 57.8 Å². The molecule has 0 aromatic rings. The second kappa shape index (κ2) is 9.29. The Hall–Kier alpha value is 0.530. The molecular weight excluding hydrogens is 321 g/mol. The van der Waals surface area contributed by atoms with E-state index in [0.717, 1.165) is 0 Å². The first-order valence-electron chi connectivity index (χ1n) is 9.98. The minimum Gasteiger partial charge on any atom is -0.298 e. The van der Waals surface area contributed by atoms with Crippen LogP contribution in [-0.2, 0) is 11.8 Å². The summed E-state index contributed by atoms with van der Waals surface area (Å²) in [5.41, 5.74) is 0. The molecule has 0 aromatic carbocycles. The van der Waals surface area contributed by atoms with Gasteiger partial charge in [-0.1, -0.05) is 31.1 Å². The molecule has 0 spiro atoms. The highest BCUT2D eigenvalue weighted by molar-refractivity contribution is 8.14. The Labute approximate surface area is 148 Å². The van der Waals surface area contributed by atoms with E-state index in [9.17, 15) is 0 Å². The Balaban J connectivity index is 1.61. The van der Waals surface area contributed by atoms with Gasteiger partial charge in [0.1, 0.15) is 0 Å². The molecule has 0 saturated carbocycles. The van der Waals surface area contributed by atoms with Crippen molar-refractivity contribution in [2.75, 3.05) is 58.1 Å². The first kappa shape index (κ1) is 18.3. The van der Waals surface area contributed by atoms with Crippen LogP contribution < -0.4 is 0 Å². The third-order valence-electron chi connectivity index (χ3n) is 5.72. The average Bonchev–Trinajstić information content (AvgIpc) is 2.57. The topological polar surface area (TPSA) is 9.72 Å². The minimum absolute atomic E-state index is 1.25. The molecule has 0 aromatic heterocycles. The highest BCUT2D eigenvalue weighted by Crippen LogP contribution is 2.49. The monoisotopic (exact) mass is 357 g/mol. The van der Waals surface area contributed by atoms with Crippen LogP contribution >= 0.6 is 6.04 Å². The summed E-state index contributed by atoms with van der Waals surface area (Å²) in [4.78, 5) is 8.16. The van der Waals surface area contributed by atoms with Crippen LogP contribution in [0.1, 0.15) is 57.8 Å². The summed E-state index contributed by atoms with van der Waals surface area (Å²) in [6, 6.07) is -1.31. The third kappa shape index (κ3) is 6.08. The second-order valence-corrected chi connectivity index (χ2v) is 13.3. The van der Waals surface area contributed by atoms with Crippen LogP contribution in [0.4, 0.5) is 0 Å². The second-order valence-electron chi connectivity index (χ2n) is 8.02. The largest absolute Gasteiger partial charge is 0.298 e. The van der Waals surface area contributed by atoms with Gasteiger partial charge in [0.05, 0.1) is 0 Å². The molecule has 23 heavy (non-hydrogen) atoms. The summed E-state index contributed by atoms with van der Waals surface area (Å²) in [7, 11) is 0. The Morgan fingerprint density at radius 2 is 0.739 bits per heavy atom.